The highest BCUT2D eigenvalue weighted by Gasteiger charge is 2.30. The molecule has 0 aliphatic carbocycles. The Balaban J connectivity index is 1.71. The molecule has 2 aromatic rings. The van der Waals surface area contributed by atoms with E-state index in [1.54, 1.807) is 24.0 Å². The summed E-state index contributed by atoms with van der Waals surface area (Å²) >= 11 is 0. The molecule has 142 valence electrons. The van der Waals surface area contributed by atoms with Crippen molar-refractivity contribution in [3.8, 4) is 0 Å². The molecule has 0 saturated heterocycles. The van der Waals surface area contributed by atoms with Crippen molar-refractivity contribution in [2.45, 2.75) is 32.5 Å². The second-order valence-corrected chi connectivity index (χ2v) is 6.33. The van der Waals surface area contributed by atoms with Crippen molar-refractivity contribution < 1.29 is 22.8 Å². The molecular weight excluding hydrogens is 357 g/mol. The molecule has 0 aromatic heterocycles. The van der Waals surface area contributed by atoms with E-state index in [1.165, 1.54) is 12.1 Å². The largest absolute Gasteiger partial charge is 0.416 e. The first-order chi connectivity index (χ1) is 12.8. The number of fused-ring (bicyclic) bond motifs is 1. The van der Waals surface area contributed by atoms with Crippen molar-refractivity contribution in [3.05, 3.63) is 64.7 Å². The molecule has 0 unspecified atom stereocenters. The minimum Gasteiger partial charge on any atom is -0.348 e. The average Bonchev–Trinajstić information content (AvgIpc) is 3.09. The van der Waals surface area contributed by atoms with Crippen LogP contribution < -0.4 is 10.2 Å². The SMILES string of the molecule is CCC(=O)N1CCc2c(C(=O)NCc3ccc(C(F)(F)F)cc3)cccc21. The molecule has 0 spiro atoms. The van der Waals surface area contributed by atoms with E-state index in [2.05, 4.69) is 5.32 Å². The molecule has 0 atom stereocenters. The lowest BCUT2D eigenvalue weighted by molar-refractivity contribution is -0.137. The Bertz CT molecular complexity index is 861. The van der Waals surface area contributed by atoms with Gasteiger partial charge in [0.1, 0.15) is 0 Å². The van der Waals surface area contributed by atoms with Crippen LogP contribution in [0.5, 0.6) is 0 Å². The number of carbonyl (C=O) groups is 2. The number of amides is 2. The Kier molecular flexibility index (Phi) is 5.21. The number of benzene rings is 2. The quantitative estimate of drug-likeness (QED) is 0.879. The normalized spacial score (nSPS) is 13.4. The molecule has 0 bridgehead atoms. The van der Waals surface area contributed by atoms with Crippen LogP contribution in [-0.4, -0.2) is 18.4 Å². The number of hydrogen-bond donors (Lipinski definition) is 1. The van der Waals surface area contributed by atoms with Gasteiger partial charge in [-0.15, -0.1) is 0 Å². The van der Waals surface area contributed by atoms with Gasteiger partial charge in [0, 0.05) is 30.8 Å². The van der Waals surface area contributed by atoms with E-state index in [0.717, 1.165) is 23.4 Å². The van der Waals surface area contributed by atoms with Gasteiger partial charge in [0.25, 0.3) is 5.91 Å². The molecule has 1 N–H and O–H groups in total. The predicted molar refractivity (Wildman–Crippen MR) is 95.4 cm³/mol. The van der Waals surface area contributed by atoms with Gasteiger partial charge in [-0.2, -0.15) is 13.2 Å². The highest BCUT2D eigenvalue weighted by molar-refractivity contribution is 6.01. The van der Waals surface area contributed by atoms with Crippen LogP contribution in [0.15, 0.2) is 42.5 Å². The second-order valence-electron chi connectivity index (χ2n) is 6.33. The number of nitrogens with zero attached hydrogens (tertiary/aromatic N) is 1. The summed E-state index contributed by atoms with van der Waals surface area (Å²) in [6.07, 6.45) is -3.39. The summed E-state index contributed by atoms with van der Waals surface area (Å²) < 4.78 is 37.8. The Morgan fingerprint density at radius 1 is 1.11 bits per heavy atom. The third-order valence-electron chi connectivity index (χ3n) is 4.61. The van der Waals surface area contributed by atoms with Crippen LogP contribution in [0.1, 0.15) is 40.4 Å². The minimum absolute atomic E-state index is 0.0102. The van der Waals surface area contributed by atoms with Crippen LogP contribution in [-0.2, 0) is 23.9 Å². The zero-order valence-electron chi connectivity index (χ0n) is 14.8. The van der Waals surface area contributed by atoms with Crippen LogP contribution in [0.3, 0.4) is 0 Å². The molecule has 27 heavy (non-hydrogen) atoms. The Morgan fingerprint density at radius 2 is 1.81 bits per heavy atom. The van der Waals surface area contributed by atoms with Gasteiger partial charge in [-0.25, -0.2) is 0 Å². The summed E-state index contributed by atoms with van der Waals surface area (Å²) in [6, 6.07) is 9.93. The summed E-state index contributed by atoms with van der Waals surface area (Å²) in [5.74, 6) is -0.298. The Morgan fingerprint density at radius 3 is 2.44 bits per heavy atom. The van der Waals surface area contributed by atoms with Crippen molar-refractivity contribution in [2.75, 3.05) is 11.4 Å². The summed E-state index contributed by atoms with van der Waals surface area (Å²) in [4.78, 5) is 26.2. The zero-order chi connectivity index (χ0) is 19.6. The van der Waals surface area contributed by atoms with Crippen molar-refractivity contribution in [2.24, 2.45) is 0 Å². The first kappa shape index (κ1) is 18.9. The first-order valence-electron chi connectivity index (χ1n) is 8.68. The van der Waals surface area contributed by atoms with Crippen LogP contribution in [0.2, 0.25) is 0 Å². The number of alkyl halides is 3. The molecule has 0 fully saturated rings. The van der Waals surface area contributed by atoms with Crippen LogP contribution in [0.4, 0.5) is 18.9 Å². The average molecular weight is 376 g/mol. The van der Waals surface area contributed by atoms with E-state index >= 15 is 0 Å². The molecule has 2 amide bonds. The van der Waals surface area contributed by atoms with Crippen molar-refractivity contribution in [1.82, 2.24) is 5.32 Å². The maximum atomic E-state index is 12.6. The molecule has 2 aromatic carbocycles. The third kappa shape index (κ3) is 3.97. The van der Waals surface area contributed by atoms with E-state index in [0.29, 0.717) is 30.5 Å². The van der Waals surface area contributed by atoms with E-state index < -0.39 is 11.7 Å². The number of halogens is 3. The lowest BCUT2D eigenvalue weighted by Gasteiger charge is -2.17. The molecule has 1 aliphatic heterocycles. The zero-order valence-corrected chi connectivity index (χ0v) is 14.8. The van der Waals surface area contributed by atoms with Gasteiger partial charge in [0.05, 0.1) is 5.56 Å². The highest BCUT2D eigenvalue weighted by Crippen LogP contribution is 2.31. The van der Waals surface area contributed by atoms with Crippen LogP contribution >= 0.6 is 0 Å². The van der Waals surface area contributed by atoms with Gasteiger partial charge < -0.3 is 10.2 Å². The summed E-state index contributed by atoms with van der Waals surface area (Å²) in [7, 11) is 0. The van der Waals surface area contributed by atoms with Gasteiger partial charge in [-0.05, 0) is 41.8 Å². The monoisotopic (exact) mass is 376 g/mol. The molecule has 3 rings (SSSR count). The molecule has 1 heterocycles. The van der Waals surface area contributed by atoms with Gasteiger partial charge in [0.2, 0.25) is 5.91 Å². The molecule has 0 saturated carbocycles. The van der Waals surface area contributed by atoms with Gasteiger partial charge in [-0.3, -0.25) is 9.59 Å². The van der Waals surface area contributed by atoms with Crippen molar-refractivity contribution >= 4 is 17.5 Å². The standard InChI is InChI=1S/C20H19F3N2O2/c1-2-18(26)25-11-10-15-16(4-3-5-17(15)25)19(27)24-12-13-6-8-14(9-7-13)20(21,22)23/h3-9H,2,10-12H2,1H3,(H,24,27). The number of carbonyl (C=O) groups excluding carboxylic acids is 2. The van der Waals surface area contributed by atoms with Crippen molar-refractivity contribution in [3.63, 3.8) is 0 Å². The highest BCUT2D eigenvalue weighted by atomic mass is 19.4. The van der Waals surface area contributed by atoms with Crippen LogP contribution in [0, 0.1) is 0 Å². The fourth-order valence-corrected chi connectivity index (χ4v) is 3.19. The van der Waals surface area contributed by atoms with Gasteiger partial charge in [-0.1, -0.05) is 25.1 Å². The van der Waals surface area contributed by atoms with Gasteiger partial charge >= 0.3 is 6.18 Å². The number of hydrogen-bond acceptors (Lipinski definition) is 2. The maximum Gasteiger partial charge on any atom is 0.416 e. The Labute approximate surface area is 155 Å². The molecule has 1 aliphatic rings. The topological polar surface area (TPSA) is 49.4 Å². The number of anilines is 1. The molecular formula is C20H19F3N2O2. The predicted octanol–water partition coefficient (Wildman–Crippen LogP) is 3.93. The van der Waals surface area contributed by atoms with Crippen molar-refractivity contribution in [1.29, 1.82) is 0 Å². The lowest BCUT2D eigenvalue weighted by Crippen LogP contribution is -2.27. The van der Waals surface area contributed by atoms with E-state index in [-0.39, 0.29) is 18.4 Å². The second kappa shape index (κ2) is 7.42. The number of nitrogens with one attached hydrogen (secondary N) is 1. The smallest absolute Gasteiger partial charge is 0.348 e. The van der Waals surface area contributed by atoms with E-state index in [1.807, 2.05) is 6.07 Å². The summed E-state index contributed by atoms with van der Waals surface area (Å²) in [6.45, 7) is 2.46. The van der Waals surface area contributed by atoms with E-state index in [9.17, 15) is 22.8 Å². The van der Waals surface area contributed by atoms with Crippen LogP contribution in [0.25, 0.3) is 0 Å². The lowest BCUT2D eigenvalue weighted by atomic mass is 10.0. The number of rotatable bonds is 4. The Hall–Kier alpha value is -2.83. The third-order valence-corrected chi connectivity index (χ3v) is 4.61. The first-order valence-corrected chi connectivity index (χ1v) is 8.68. The minimum atomic E-state index is -4.38. The molecule has 4 nitrogen and oxygen atoms in total. The summed E-state index contributed by atoms with van der Waals surface area (Å²) in [5, 5.41) is 2.74. The molecule has 0 radical (unpaired) electrons. The van der Waals surface area contributed by atoms with Gasteiger partial charge in [0.15, 0.2) is 0 Å². The fourth-order valence-electron chi connectivity index (χ4n) is 3.19. The van der Waals surface area contributed by atoms with E-state index in [4.69, 9.17) is 0 Å². The molecule has 7 heteroatoms. The fraction of sp³-hybridized carbons (Fsp3) is 0.300. The maximum absolute atomic E-state index is 12.6. The summed E-state index contributed by atoms with van der Waals surface area (Å²) in [5.41, 5.74) is 1.92.